The van der Waals surface area contributed by atoms with E-state index in [0.29, 0.717) is 28.8 Å². The molecule has 9 heteroatoms. The van der Waals surface area contributed by atoms with Crippen molar-refractivity contribution in [2.24, 2.45) is 0 Å². The molecular formula is C24H17F7O2. The molecule has 174 valence electrons. The lowest BCUT2D eigenvalue weighted by Gasteiger charge is -2.15. The maximum Gasteiger partial charge on any atom is 0.416 e. The normalized spacial score (nSPS) is 12.0. The minimum Gasteiger partial charge on any atom is -0.462 e. The first-order valence-electron chi connectivity index (χ1n) is 9.67. The third kappa shape index (κ3) is 5.91. The Morgan fingerprint density at radius 2 is 1.42 bits per heavy atom. The van der Waals surface area contributed by atoms with Gasteiger partial charge in [-0.2, -0.15) is 26.3 Å². The summed E-state index contributed by atoms with van der Waals surface area (Å²) in [7, 11) is 0. The van der Waals surface area contributed by atoms with E-state index in [0.717, 1.165) is 0 Å². The Hall–Kier alpha value is -3.36. The van der Waals surface area contributed by atoms with Crippen molar-refractivity contribution in [1.29, 1.82) is 0 Å². The number of hydrogen-bond donors (Lipinski definition) is 0. The molecule has 0 amide bonds. The maximum absolute atomic E-state index is 13.4. The lowest BCUT2D eigenvalue weighted by Crippen LogP contribution is -2.13. The van der Waals surface area contributed by atoms with E-state index in [1.807, 2.05) is 0 Å². The molecule has 0 saturated carbocycles. The molecule has 0 radical (unpaired) electrons. The highest BCUT2D eigenvalue weighted by molar-refractivity contribution is 5.97. The van der Waals surface area contributed by atoms with Crippen molar-refractivity contribution >= 4 is 5.97 Å². The fourth-order valence-corrected chi connectivity index (χ4v) is 3.33. The van der Waals surface area contributed by atoms with Crippen LogP contribution in [0.1, 0.15) is 32.6 Å². The number of benzene rings is 3. The number of ether oxygens (including phenoxy) is 1. The summed E-state index contributed by atoms with van der Waals surface area (Å²) in [5.41, 5.74) is -1.40. The van der Waals surface area contributed by atoms with Gasteiger partial charge < -0.3 is 4.74 Å². The molecule has 33 heavy (non-hydrogen) atoms. The number of aryl methyl sites for hydroxylation is 1. The Bertz CT molecular complexity index is 1130. The Morgan fingerprint density at radius 1 is 0.818 bits per heavy atom. The topological polar surface area (TPSA) is 26.3 Å². The molecule has 0 aliphatic heterocycles. The van der Waals surface area contributed by atoms with Crippen LogP contribution in [0.15, 0.2) is 60.7 Å². The maximum atomic E-state index is 13.4. The van der Waals surface area contributed by atoms with Crippen LogP contribution >= 0.6 is 0 Å². The summed E-state index contributed by atoms with van der Waals surface area (Å²) >= 11 is 0. The second-order valence-corrected chi connectivity index (χ2v) is 7.30. The van der Waals surface area contributed by atoms with Crippen LogP contribution in [0.5, 0.6) is 0 Å². The van der Waals surface area contributed by atoms with E-state index in [4.69, 9.17) is 4.74 Å². The number of hydrogen-bond acceptors (Lipinski definition) is 2. The summed E-state index contributed by atoms with van der Waals surface area (Å²) in [5.74, 6) is -1.26. The number of carbonyl (C=O) groups is 1. The van der Waals surface area contributed by atoms with E-state index in [1.54, 1.807) is 25.1 Å². The van der Waals surface area contributed by atoms with E-state index in [-0.39, 0.29) is 23.6 Å². The molecule has 3 aromatic rings. The van der Waals surface area contributed by atoms with Crippen molar-refractivity contribution in [3.63, 3.8) is 0 Å². The van der Waals surface area contributed by atoms with Crippen LogP contribution in [0, 0.1) is 12.7 Å². The molecule has 0 aromatic heterocycles. The monoisotopic (exact) mass is 470 g/mol. The van der Waals surface area contributed by atoms with Crippen molar-refractivity contribution in [2.45, 2.75) is 25.7 Å². The zero-order valence-electron chi connectivity index (χ0n) is 17.1. The van der Waals surface area contributed by atoms with Crippen LogP contribution in [-0.4, -0.2) is 12.6 Å². The van der Waals surface area contributed by atoms with Gasteiger partial charge in [0.05, 0.1) is 23.3 Å². The summed E-state index contributed by atoms with van der Waals surface area (Å²) in [6.07, 6.45) is -10.3. The quantitative estimate of drug-likeness (QED) is 0.290. The highest BCUT2D eigenvalue weighted by Gasteiger charge is 2.36. The number of esters is 1. The van der Waals surface area contributed by atoms with Crippen molar-refractivity contribution in [3.8, 4) is 11.1 Å². The number of alkyl halides is 6. The first-order chi connectivity index (χ1) is 15.4. The molecule has 2 nitrogen and oxygen atoms in total. The molecule has 0 saturated heterocycles. The van der Waals surface area contributed by atoms with Crippen LogP contribution in [0.4, 0.5) is 30.7 Å². The van der Waals surface area contributed by atoms with E-state index >= 15 is 0 Å². The van der Waals surface area contributed by atoms with Crippen LogP contribution < -0.4 is 0 Å². The summed E-state index contributed by atoms with van der Waals surface area (Å²) in [4.78, 5) is 12.6. The highest BCUT2D eigenvalue weighted by atomic mass is 19.4. The third-order valence-corrected chi connectivity index (χ3v) is 4.90. The molecule has 0 spiro atoms. The number of halogens is 7. The van der Waals surface area contributed by atoms with Gasteiger partial charge in [0.15, 0.2) is 0 Å². The summed E-state index contributed by atoms with van der Waals surface area (Å²) in [6.45, 7) is 1.22. The lowest BCUT2D eigenvalue weighted by atomic mass is 9.96. The highest BCUT2D eigenvalue weighted by Crippen LogP contribution is 2.36. The summed E-state index contributed by atoms with van der Waals surface area (Å²) < 4.78 is 96.5. The SMILES string of the molecule is Cc1cc(F)ccc1-c1ccccc1C(=O)OCCc1cc(C(F)(F)F)cc(C(F)(F)F)c1. The molecule has 0 unspecified atom stereocenters. The van der Waals surface area contributed by atoms with Gasteiger partial charge in [0.2, 0.25) is 0 Å². The molecule has 3 rings (SSSR count). The van der Waals surface area contributed by atoms with E-state index in [2.05, 4.69) is 0 Å². The third-order valence-electron chi connectivity index (χ3n) is 4.90. The molecular weight excluding hydrogens is 453 g/mol. The van der Waals surface area contributed by atoms with Gasteiger partial charge >= 0.3 is 18.3 Å². The van der Waals surface area contributed by atoms with Gasteiger partial charge in [-0.1, -0.05) is 24.3 Å². The standard InChI is InChI=1S/C24H17F7O2/c1-14-10-18(25)6-7-19(14)20-4-2-3-5-21(20)22(32)33-9-8-15-11-16(23(26,27)28)13-17(12-15)24(29,30)31/h2-7,10-13H,8-9H2,1H3. The molecule has 0 bridgehead atoms. The van der Waals surface area contributed by atoms with Gasteiger partial charge in [-0.25, -0.2) is 9.18 Å². The Balaban J connectivity index is 1.79. The van der Waals surface area contributed by atoms with Gasteiger partial charge in [0.1, 0.15) is 5.82 Å². The van der Waals surface area contributed by atoms with E-state index in [9.17, 15) is 35.5 Å². The molecule has 0 heterocycles. The van der Waals surface area contributed by atoms with Gasteiger partial charge in [-0.05, 0) is 65.6 Å². The summed E-state index contributed by atoms with van der Waals surface area (Å²) in [5, 5.41) is 0. The van der Waals surface area contributed by atoms with Crippen molar-refractivity contribution in [2.75, 3.05) is 6.61 Å². The first-order valence-corrected chi connectivity index (χ1v) is 9.67. The van der Waals surface area contributed by atoms with Crippen molar-refractivity contribution in [3.05, 3.63) is 94.3 Å². The van der Waals surface area contributed by atoms with Gasteiger partial charge in [0.25, 0.3) is 0 Å². The minimum absolute atomic E-state index is 0.0385. The van der Waals surface area contributed by atoms with Crippen LogP contribution in [0.2, 0.25) is 0 Å². The molecule has 0 aliphatic carbocycles. The minimum atomic E-state index is -4.96. The molecule has 0 atom stereocenters. The second kappa shape index (κ2) is 9.25. The Labute approximate surface area is 184 Å². The fraction of sp³-hybridized carbons (Fsp3) is 0.208. The smallest absolute Gasteiger partial charge is 0.416 e. The summed E-state index contributed by atoms with van der Waals surface area (Å²) in [6, 6.07) is 11.6. The van der Waals surface area contributed by atoms with Gasteiger partial charge in [-0.3, -0.25) is 0 Å². The van der Waals surface area contributed by atoms with Crippen LogP contribution in [0.3, 0.4) is 0 Å². The average Bonchev–Trinajstić information content (AvgIpc) is 2.72. The van der Waals surface area contributed by atoms with Crippen LogP contribution in [-0.2, 0) is 23.5 Å². The average molecular weight is 470 g/mol. The molecule has 0 fully saturated rings. The van der Waals surface area contributed by atoms with Crippen molar-refractivity contribution in [1.82, 2.24) is 0 Å². The van der Waals surface area contributed by atoms with Gasteiger partial charge in [-0.15, -0.1) is 0 Å². The second-order valence-electron chi connectivity index (χ2n) is 7.30. The molecule has 0 N–H and O–H groups in total. The molecule has 3 aromatic carbocycles. The van der Waals surface area contributed by atoms with E-state index in [1.165, 1.54) is 24.3 Å². The largest absolute Gasteiger partial charge is 0.462 e. The van der Waals surface area contributed by atoms with Gasteiger partial charge in [0, 0.05) is 6.42 Å². The Kier molecular flexibility index (Phi) is 6.81. The zero-order chi connectivity index (χ0) is 24.4. The van der Waals surface area contributed by atoms with Crippen LogP contribution in [0.25, 0.3) is 11.1 Å². The number of rotatable bonds is 5. The lowest BCUT2D eigenvalue weighted by molar-refractivity contribution is -0.143. The number of carbonyl (C=O) groups excluding carboxylic acids is 1. The predicted molar refractivity (Wildman–Crippen MR) is 107 cm³/mol. The Morgan fingerprint density at radius 3 is 2.00 bits per heavy atom. The predicted octanol–water partition coefficient (Wildman–Crippen LogP) is 7.24. The van der Waals surface area contributed by atoms with Crippen molar-refractivity contribution < 1.29 is 40.3 Å². The van der Waals surface area contributed by atoms with E-state index < -0.39 is 41.9 Å². The fourth-order valence-electron chi connectivity index (χ4n) is 3.33. The molecule has 0 aliphatic rings. The first kappa shape index (κ1) is 24.3. The zero-order valence-corrected chi connectivity index (χ0v) is 17.1.